The molecule has 0 radical (unpaired) electrons. The number of halogens is 3. The van der Waals surface area contributed by atoms with E-state index in [0.717, 1.165) is 0 Å². The fraction of sp³-hybridized carbons (Fsp3) is 0.909. The maximum absolute atomic E-state index is 12.4. The summed E-state index contributed by atoms with van der Waals surface area (Å²) in [7, 11) is -0.892. The van der Waals surface area contributed by atoms with Crippen LogP contribution < -0.4 is 10.6 Å². The number of carbonyl (C=O) groups is 1. The van der Waals surface area contributed by atoms with Crippen LogP contribution in [0, 0.1) is 5.92 Å². The Morgan fingerprint density at radius 1 is 1.42 bits per heavy atom. The zero-order chi connectivity index (χ0) is 14.5. The minimum atomic E-state index is -4.19. The molecule has 1 fully saturated rings. The van der Waals surface area contributed by atoms with Gasteiger partial charge in [-0.2, -0.15) is 13.2 Å². The quantitative estimate of drug-likeness (QED) is 0.739. The van der Waals surface area contributed by atoms with E-state index in [-0.39, 0.29) is 25.3 Å². The summed E-state index contributed by atoms with van der Waals surface area (Å²) >= 11 is 0. The van der Waals surface area contributed by atoms with Gasteiger partial charge in [-0.1, -0.05) is 0 Å². The lowest BCUT2D eigenvalue weighted by atomic mass is 9.94. The molecule has 0 aliphatic carbocycles. The summed E-state index contributed by atoms with van der Waals surface area (Å²) in [6.45, 7) is 0.194. The highest BCUT2D eigenvalue weighted by Crippen LogP contribution is 2.31. The van der Waals surface area contributed by atoms with Crippen molar-refractivity contribution in [2.45, 2.75) is 31.5 Å². The second-order valence-corrected chi connectivity index (χ2v) is 6.25. The van der Waals surface area contributed by atoms with E-state index >= 15 is 0 Å². The third-order valence-corrected chi connectivity index (χ3v) is 3.97. The molecular weight excluding hydrogens is 281 g/mol. The molecule has 0 aromatic rings. The lowest BCUT2D eigenvalue weighted by Gasteiger charge is -2.30. The normalized spacial score (nSPS) is 25.9. The van der Waals surface area contributed by atoms with Crippen molar-refractivity contribution in [2.24, 2.45) is 5.92 Å². The molecule has 19 heavy (non-hydrogen) atoms. The Bertz CT molecular complexity index is 328. The molecule has 0 spiro atoms. The van der Waals surface area contributed by atoms with Gasteiger partial charge >= 0.3 is 6.18 Å². The third-order valence-electron chi connectivity index (χ3n) is 3.10. The Morgan fingerprint density at radius 2 is 2.11 bits per heavy atom. The highest BCUT2D eigenvalue weighted by Gasteiger charge is 2.42. The van der Waals surface area contributed by atoms with E-state index in [1.165, 1.54) is 0 Å². The minimum Gasteiger partial charge on any atom is -0.355 e. The minimum absolute atomic E-state index is 0.0203. The Kier molecular flexibility index (Phi) is 6.25. The van der Waals surface area contributed by atoms with Crippen molar-refractivity contribution in [1.29, 1.82) is 0 Å². The van der Waals surface area contributed by atoms with Crippen molar-refractivity contribution < 1.29 is 22.2 Å². The van der Waals surface area contributed by atoms with E-state index < -0.39 is 28.9 Å². The van der Waals surface area contributed by atoms with E-state index in [4.69, 9.17) is 0 Å². The molecule has 8 heteroatoms. The number of piperidine rings is 1. The van der Waals surface area contributed by atoms with Gasteiger partial charge in [-0.15, -0.1) is 0 Å². The van der Waals surface area contributed by atoms with E-state index in [9.17, 15) is 22.2 Å². The SMILES string of the molecule is CS(=O)CCCNC(=O)C1CCC(C(F)(F)F)CN1. The first kappa shape index (κ1) is 16.4. The van der Waals surface area contributed by atoms with Crippen LogP contribution in [0.25, 0.3) is 0 Å². The first-order chi connectivity index (χ1) is 8.80. The topological polar surface area (TPSA) is 58.2 Å². The average Bonchev–Trinajstić information content (AvgIpc) is 2.33. The summed E-state index contributed by atoms with van der Waals surface area (Å²) in [5.41, 5.74) is 0. The Balaban J connectivity index is 2.23. The molecule has 0 saturated carbocycles. The molecule has 1 aliphatic heterocycles. The van der Waals surface area contributed by atoms with Gasteiger partial charge in [0.1, 0.15) is 0 Å². The zero-order valence-corrected chi connectivity index (χ0v) is 11.6. The van der Waals surface area contributed by atoms with Crippen molar-refractivity contribution in [1.82, 2.24) is 10.6 Å². The van der Waals surface area contributed by atoms with Gasteiger partial charge in [0, 0.05) is 35.9 Å². The molecule has 4 nitrogen and oxygen atoms in total. The predicted molar refractivity (Wildman–Crippen MR) is 67.1 cm³/mol. The largest absolute Gasteiger partial charge is 0.393 e. The Hall–Kier alpha value is -0.630. The van der Waals surface area contributed by atoms with Gasteiger partial charge in [0.05, 0.1) is 12.0 Å². The van der Waals surface area contributed by atoms with Crippen LogP contribution in [0.2, 0.25) is 0 Å². The summed E-state index contributed by atoms with van der Waals surface area (Å²) in [5, 5.41) is 5.28. The molecule has 3 unspecified atom stereocenters. The van der Waals surface area contributed by atoms with Crippen molar-refractivity contribution in [3.8, 4) is 0 Å². The van der Waals surface area contributed by atoms with E-state index in [1.54, 1.807) is 6.26 Å². The first-order valence-corrected chi connectivity index (χ1v) is 7.91. The number of amides is 1. The molecule has 0 aromatic heterocycles. The number of carbonyl (C=O) groups excluding carboxylic acids is 1. The maximum atomic E-state index is 12.4. The summed E-state index contributed by atoms with van der Waals surface area (Å²) in [5.74, 6) is -1.13. The van der Waals surface area contributed by atoms with E-state index in [1.807, 2.05) is 0 Å². The van der Waals surface area contributed by atoms with Crippen LogP contribution in [-0.2, 0) is 15.6 Å². The molecule has 0 bridgehead atoms. The van der Waals surface area contributed by atoms with Gasteiger partial charge in [0.2, 0.25) is 5.91 Å². The van der Waals surface area contributed by atoms with Crippen molar-refractivity contribution in [3.63, 3.8) is 0 Å². The Morgan fingerprint density at radius 3 is 2.58 bits per heavy atom. The lowest BCUT2D eigenvalue weighted by Crippen LogP contribution is -2.51. The van der Waals surface area contributed by atoms with Crippen LogP contribution in [0.5, 0.6) is 0 Å². The van der Waals surface area contributed by atoms with Crippen LogP contribution in [0.4, 0.5) is 13.2 Å². The summed E-state index contributed by atoms with van der Waals surface area (Å²) < 4.78 is 48.1. The van der Waals surface area contributed by atoms with E-state index in [0.29, 0.717) is 18.7 Å². The smallest absolute Gasteiger partial charge is 0.355 e. The summed E-state index contributed by atoms with van der Waals surface area (Å²) in [4.78, 5) is 11.7. The van der Waals surface area contributed by atoms with Gasteiger partial charge < -0.3 is 10.6 Å². The maximum Gasteiger partial charge on any atom is 0.393 e. The molecular formula is C11H19F3N2O2S. The van der Waals surface area contributed by atoms with Crippen LogP contribution in [-0.4, -0.2) is 47.4 Å². The number of hydrogen-bond acceptors (Lipinski definition) is 3. The second-order valence-electron chi connectivity index (χ2n) is 4.70. The molecule has 1 aliphatic rings. The standard InChI is InChI=1S/C11H19F3N2O2S/c1-19(18)6-2-5-15-10(17)9-4-3-8(7-16-9)11(12,13)14/h8-9,16H,2-7H2,1H3,(H,15,17). The average molecular weight is 300 g/mol. The van der Waals surface area contributed by atoms with Crippen LogP contribution in [0.15, 0.2) is 0 Å². The lowest BCUT2D eigenvalue weighted by molar-refractivity contribution is -0.180. The van der Waals surface area contributed by atoms with Gasteiger partial charge in [-0.25, -0.2) is 0 Å². The van der Waals surface area contributed by atoms with Crippen LogP contribution >= 0.6 is 0 Å². The predicted octanol–water partition coefficient (Wildman–Crippen LogP) is 0.802. The van der Waals surface area contributed by atoms with Gasteiger partial charge in [-0.3, -0.25) is 9.00 Å². The Labute approximate surface area is 113 Å². The molecule has 112 valence electrons. The molecule has 2 N–H and O–H groups in total. The van der Waals surface area contributed by atoms with Gasteiger partial charge in [-0.05, 0) is 19.3 Å². The number of alkyl halides is 3. The first-order valence-electron chi connectivity index (χ1n) is 6.18. The van der Waals surface area contributed by atoms with Crippen LogP contribution in [0.3, 0.4) is 0 Å². The number of nitrogens with one attached hydrogen (secondary N) is 2. The van der Waals surface area contributed by atoms with Gasteiger partial charge in [0.25, 0.3) is 0 Å². The molecule has 1 heterocycles. The summed E-state index contributed by atoms with van der Waals surface area (Å²) in [6, 6.07) is -0.550. The fourth-order valence-electron chi connectivity index (χ4n) is 1.97. The second kappa shape index (κ2) is 7.23. The molecule has 1 amide bonds. The molecule has 1 saturated heterocycles. The highest BCUT2D eigenvalue weighted by molar-refractivity contribution is 7.84. The fourth-order valence-corrected chi connectivity index (χ4v) is 2.52. The molecule has 0 aromatic carbocycles. The van der Waals surface area contributed by atoms with Crippen LogP contribution in [0.1, 0.15) is 19.3 Å². The third kappa shape index (κ3) is 5.90. The van der Waals surface area contributed by atoms with Gasteiger partial charge in [0.15, 0.2) is 0 Å². The molecule has 1 rings (SSSR count). The van der Waals surface area contributed by atoms with Crippen molar-refractivity contribution in [2.75, 3.05) is 25.1 Å². The number of rotatable bonds is 5. The highest BCUT2D eigenvalue weighted by atomic mass is 32.2. The van der Waals surface area contributed by atoms with Crippen molar-refractivity contribution >= 4 is 16.7 Å². The zero-order valence-electron chi connectivity index (χ0n) is 10.8. The summed E-state index contributed by atoms with van der Waals surface area (Å²) in [6.07, 6.45) is -1.84. The van der Waals surface area contributed by atoms with Crippen molar-refractivity contribution in [3.05, 3.63) is 0 Å². The number of hydrogen-bond donors (Lipinski definition) is 2. The van der Waals surface area contributed by atoms with E-state index in [2.05, 4.69) is 10.6 Å². The monoisotopic (exact) mass is 300 g/mol. The molecule has 3 atom stereocenters.